The number of carbonyl (C=O) groups is 3. The molecular formula is C29H23BrClN3O3. The number of benzene rings is 3. The van der Waals surface area contributed by atoms with E-state index in [0.717, 1.165) is 22.0 Å². The molecule has 4 unspecified atom stereocenters. The van der Waals surface area contributed by atoms with Crippen LogP contribution in [0.4, 0.5) is 11.4 Å². The topological polar surface area (TPSA) is 78.5 Å². The number of nitrogens with one attached hydrogen (secondary N) is 2. The van der Waals surface area contributed by atoms with Crippen LogP contribution in [0.5, 0.6) is 0 Å². The summed E-state index contributed by atoms with van der Waals surface area (Å²) in [5.41, 5.74) is 1.44. The Morgan fingerprint density at radius 1 is 1.03 bits per heavy atom. The molecule has 2 N–H and O–H groups in total. The van der Waals surface area contributed by atoms with Gasteiger partial charge in [0.25, 0.3) is 0 Å². The highest BCUT2D eigenvalue weighted by atomic mass is 79.9. The van der Waals surface area contributed by atoms with E-state index in [2.05, 4.69) is 31.5 Å². The average molecular weight is 577 g/mol. The van der Waals surface area contributed by atoms with E-state index in [1.54, 1.807) is 12.1 Å². The molecule has 4 atom stereocenters. The Bertz CT molecular complexity index is 1540. The van der Waals surface area contributed by atoms with Gasteiger partial charge in [0, 0.05) is 27.3 Å². The standard InChI is InChI=1S/C29H23BrClN3O3/c1-15-13-19-23(20(31)14-15)33-27(37)29(19)25(24(35)16-8-10-17(30)11-9-16)28(22-7-4-12-34(22)29)18-5-2-3-6-21(18)32-26(28)36/h2-3,5-6,8-11,13-14,22,25H,4,7,12H2,1H3,(H,32,36)(H,33,37). The van der Waals surface area contributed by atoms with Crippen molar-refractivity contribution < 1.29 is 14.4 Å². The summed E-state index contributed by atoms with van der Waals surface area (Å²) in [6, 6.07) is 18.2. The number of para-hydroxylation sites is 1. The first kappa shape index (κ1) is 23.1. The molecule has 4 heterocycles. The van der Waals surface area contributed by atoms with Crippen molar-refractivity contribution in [2.75, 3.05) is 17.2 Å². The molecule has 8 heteroatoms. The van der Waals surface area contributed by atoms with Crippen LogP contribution >= 0.6 is 27.5 Å². The maximum absolute atomic E-state index is 14.8. The maximum atomic E-state index is 14.8. The molecule has 2 fully saturated rings. The van der Waals surface area contributed by atoms with Crippen molar-refractivity contribution in [2.45, 2.75) is 36.8 Å². The summed E-state index contributed by atoms with van der Waals surface area (Å²) < 4.78 is 0.843. The first-order chi connectivity index (χ1) is 17.8. The Morgan fingerprint density at radius 3 is 2.57 bits per heavy atom. The van der Waals surface area contributed by atoms with Crippen LogP contribution in [0.15, 0.2) is 65.1 Å². The molecule has 0 radical (unpaired) electrons. The highest BCUT2D eigenvalue weighted by Crippen LogP contribution is 2.66. The van der Waals surface area contributed by atoms with Gasteiger partial charge in [-0.2, -0.15) is 0 Å². The minimum atomic E-state index is -1.37. The lowest BCUT2D eigenvalue weighted by Crippen LogP contribution is -2.55. The van der Waals surface area contributed by atoms with E-state index < -0.39 is 16.9 Å². The number of rotatable bonds is 2. The molecule has 3 aromatic carbocycles. The molecule has 0 aromatic heterocycles. The Morgan fingerprint density at radius 2 is 1.78 bits per heavy atom. The lowest BCUT2D eigenvalue weighted by Gasteiger charge is -2.38. The molecule has 6 nitrogen and oxygen atoms in total. The van der Waals surface area contributed by atoms with Crippen molar-refractivity contribution in [1.29, 1.82) is 0 Å². The van der Waals surface area contributed by atoms with Crippen LogP contribution in [-0.4, -0.2) is 35.1 Å². The number of anilines is 2. The zero-order chi connectivity index (χ0) is 25.7. The van der Waals surface area contributed by atoms with Gasteiger partial charge in [-0.25, -0.2) is 0 Å². The van der Waals surface area contributed by atoms with Crippen LogP contribution in [0, 0.1) is 12.8 Å². The van der Waals surface area contributed by atoms with Crippen molar-refractivity contribution in [3.05, 3.63) is 92.4 Å². The number of amides is 2. The predicted molar refractivity (Wildman–Crippen MR) is 145 cm³/mol. The number of carbonyl (C=O) groups excluding carboxylic acids is 3. The van der Waals surface area contributed by atoms with E-state index in [4.69, 9.17) is 11.6 Å². The summed E-state index contributed by atoms with van der Waals surface area (Å²) in [4.78, 5) is 45.4. The lowest BCUT2D eigenvalue weighted by atomic mass is 9.60. The van der Waals surface area contributed by atoms with Crippen LogP contribution in [0.25, 0.3) is 0 Å². The second-order valence-electron chi connectivity index (χ2n) is 10.4. The minimum absolute atomic E-state index is 0.224. The molecule has 3 aromatic rings. The third kappa shape index (κ3) is 2.72. The maximum Gasteiger partial charge on any atom is 0.250 e. The van der Waals surface area contributed by atoms with Crippen LogP contribution in [0.1, 0.15) is 39.9 Å². The minimum Gasteiger partial charge on any atom is -0.325 e. The Balaban J connectivity index is 1.60. The van der Waals surface area contributed by atoms with Gasteiger partial charge in [0.1, 0.15) is 11.0 Å². The summed E-state index contributed by atoms with van der Waals surface area (Å²) >= 11 is 10.1. The number of nitrogens with zero attached hydrogens (tertiary/aromatic N) is 1. The lowest BCUT2D eigenvalue weighted by molar-refractivity contribution is -0.128. The van der Waals surface area contributed by atoms with Crippen LogP contribution < -0.4 is 10.6 Å². The Labute approximate surface area is 227 Å². The molecule has 37 heavy (non-hydrogen) atoms. The Hall–Kier alpha value is -3.00. The number of ketones is 1. The van der Waals surface area contributed by atoms with Gasteiger partial charge in [-0.1, -0.05) is 63.9 Å². The van der Waals surface area contributed by atoms with E-state index in [-0.39, 0.29) is 23.6 Å². The predicted octanol–water partition coefficient (Wildman–Crippen LogP) is 5.43. The first-order valence-corrected chi connectivity index (χ1v) is 13.6. The van der Waals surface area contributed by atoms with E-state index in [0.29, 0.717) is 40.5 Å². The number of aryl methyl sites for hydroxylation is 1. The van der Waals surface area contributed by atoms with Crippen LogP contribution in [0.3, 0.4) is 0 Å². The van der Waals surface area contributed by atoms with Crippen molar-refractivity contribution in [2.24, 2.45) is 5.92 Å². The summed E-state index contributed by atoms with van der Waals surface area (Å²) in [7, 11) is 0. The van der Waals surface area contributed by atoms with Gasteiger partial charge in [0.15, 0.2) is 5.78 Å². The molecule has 186 valence electrons. The fraction of sp³-hybridized carbons (Fsp3) is 0.276. The Kier molecular flexibility index (Phi) is 4.85. The fourth-order valence-electron chi connectivity index (χ4n) is 7.52. The smallest absolute Gasteiger partial charge is 0.250 e. The third-order valence-electron chi connectivity index (χ3n) is 8.72. The van der Waals surface area contributed by atoms with Gasteiger partial charge < -0.3 is 10.6 Å². The van der Waals surface area contributed by atoms with E-state index in [1.165, 1.54) is 0 Å². The van der Waals surface area contributed by atoms with E-state index >= 15 is 0 Å². The van der Waals surface area contributed by atoms with Gasteiger partial charge in [0.05, 0.1) is 16.6 Å². The zero-order valence-electron chi connectivity index (χ0n) is 20.0. The highest BCUT2D eigenvalue weighted by Gasteiger charge is 2.78. The first-order valence-electron chi connectivity index (χ1n) is 12.4. The molecular weight excluding hydrogens is 554 g/mol. The normalized spacial score (nSPS) is 29.4. The molecule has 7 rings (SSSR count). The number of Topliss-reactive ketones (excluding diaryl/α,β-unsaturated/α-hetero) is 1. The monoisotopic (exact) mass is 575 g/mol. The molecule has 2 saturated heterocycles. The van der Waals surface area contributed by atoms with Gasteiger partial charge in [0.2, 0.25) is 11.8 Å². The second-order valence-corrected chi connectivity index (χ2v) is 11.7. The van der Waals surface area contributed by atoms with E-state index in [9.17, 15) is 14.4 Å². The van der Waals surface area contributed by atoms with Gasteiger partial charge in [-0.05, 0) is 61.7 Å². The molecule has 2 amide bonds. The van der Waals surface area contributed by atoms with Crippen molar-refractivity contribution in [3.8, 4) is 0 Å². The highest BCUT2D eigenvalue weighted by molar-refractivity contribution is 9.10. The van der Waals surface area contributed by atoms with Crippen molar-refractivity contribution >= 4 is 56.5 Å². The molecule has 0 saturated carbocycles. The molecule has 0 bridgehead atoms. The SMILES string of the molecule is Cc1cc(Cl)c2c(c1)C1(C(=O)N2)C(C(=O)c2ccc(Br)cc2)C2(C(=O)Nc3ccccc32)C2CCCN21. The van der Waals surface area contributed by atoms with Gasteiger partial charge in [-0.3, -0.25) is 19.3 Å². The molecule has 2 spiro atoms. The fourth-order valence-corrected chi connectivity index (χ4v) is 8.10. The molecule has 4 aliphatic rings. The summed E-state index contributed by atoms with van der Waals surface area (Å²) in [5, 5.41) is 6.53. The number of halogens is 2. The summed E-state index contributed by atoms with van der Waals surface area (Å²) in [6.45, 7) is 2.53. The number of fused-ring (bicyclic) bond motifs is 7. The summed E-state index contributed by atoms with van der Waals surface area (Å²) in [5.74, 6) is -1.74. The second kappa shape index (κ2) is 7.76. The van der Waals surface area contributed by atoms with Crippen LogP contribution in [-0.2, 0) is 20.5 Å². The zero-order valence-corrected chi connectivity index (χ0v) is 22.3. The average Bonchev–Trinajstić information content (AvgIpc) is 3.59. The van der Waals surface area contributed by atoms with Gasteiger partial charge >= 0.3 is 0 Å². The van der Waals surface area contributed by atoms with Crippen molar-refractivity contribution in [1.82, 2.24) is 4.90 Å². The molecule has 0 aliphatic carbocycles. The number of hydrogen-bond acceptors (Lipinski definition) is 4. The molecule has 4 aliphatic heterocycles. The van der Waals surface area contributed by atoms with Crippen LogP contribution in [0.2, 0.25) is 5.02 Å². The summed E-state index contributed by atoms with van der Waals surface area (Å²) in [6.07, 6.45) is 1.53. The quantitative estimate of drug-likeness (QED) is 0.399. The largest absolute Gasteiger partial charge is 0.325 e. The van der Waals surface area contributed by atoms with E-state index in [1.807, 2.05) is 55.5 Å². The van der Waals surface area contributed by atoms with Crippen molar-refractivity contribution in [3.63, 3.8) is 0 Å². The van der Waals surface area contributed by atoms with Gasteiger partial charge in [-0.15, -0.1) is 0 Å². The third-order valence-corrected chi connectivity index (χ3v) is 9.55. The number of hydrogen-bond donors (Lipinski definition) is 2.